The zero-order valence-corrected chi connectivity index (χ0v) is 17.1. The Labute approximate surface area is 162 Å². The van der Waals surface area contributed by atoms with Gasteiger partial charge in [-0.15, -0.1) is 11.3 Å². The number of thiophene rings is 1. The molecule has 5 nitrogen and oxygen atoms in total. The topological polar surface area (TPSA) is 81.4 Å². The summed E-state index contributed by atoms with van der Waals surface area (Å²) in [5.41, 5.74) is 8.39. The molecule has 0 saturated carbocycles. The number of benzene rings is 1. The Bertz CT molecular complexity index is 859. The standard InChI is InChI=1S/C19H23ClN2O3S/c1-9(2)13-7-14(20)10(3)6-15(13)25-8-16(23)22-19-17(18(21)24)11(4)12(5)26-19/h6-7,9H,8H2,1-5H3,(H2,21,24)(H,22,23). The number of rotatable bonds is 6. The van der Waals surface area contributed by atoms with Crippen molar-refractivity contribution in [2.24, 2.45) is 5.73 Å². The van der Waals surface area contributed by atoms with Crippen LogP contribution in [0.2, 0.25) is 5.02 Å². The molecule has 0 spiro atoms. The number of amides is 2. The minimum Gasteiger partial charge on any atom is -0.483 e. The minimum absolute atomic E-state index is 0.172. The lowest BCUT2D eigenvalue weighted by Crippen LogP contribution is -2.22. The fourth-order valence-corrected chi connectivity index (χ4v) is 3.82. The second-order valence-electron chi connectivity index (χ2n) is 6.48. The van der Waals surface area contributed by atoms with Gasteiger partial charge in [-0.2, -0.15) is 0 Å². The van der Waals surface area contributed by atoms with Crippen molar-refractivity contribution < 1.29 is 14.3 Å². The molecule has 1 aromatic carbocycles. The fourth-order valence-electron chi connectivity index (χ4n) is 2.56. The van der Waals surface area contributed by atoms with E-state index in [-0.39, 0.29) is 18.4 Å². The first kappa shape index (κ1) is 20.3. The lowest BCUT2D eigenvalue weighted by atomic mass is 10.0. The predicted molar refractivity (Wildman–Crippen MR) is 107 cm³/mol. The Kier molecular flexibility index (Phi) is 6.31. The number of nitrogens with two attached hydrogens (primary N) is 1. The van der Waals surface area contributed by atoms with Crippen LogP contribution in [0.3, 0.4) is 0 Å². The van der Waals surface area contributed by atoms with Crippen LogP contribution < -0.4 is 15.8 Å². The summed E-state index contributed by atoms with van der Waals surface area (Å²) >= 11 is 7.51. The van der Waals surface area contributed by atoms with E-state index >= 15 is 0 Å². The number of ether oxygens (including phenoxy) is 1. The summed E-state index contributed by atoms with van der Waals surface area (Å²) in [5, 5.41) is 3.85. The molecule has 0 aliphatic rings. The van der Waals surface area contributed by atoms with E-state index in [1.165, 1.54) is 11.3 Å². The third-order valence-electron chi connectivity index (χ3n) is 4.16. The van der Waals surface area contributed by atoms with E-state index < -0.39 is 5.91 Å². The van der Waals surface area contributed by atoms with E-state index in [0.717, 1.165) is 21.6 Å². The quantitative estimate of drug-likeness (QED) is 0.753. The number of primary amides is 1. The molecule has 0 atom stereocenters. The van der Waals surface area contributed by atoms with Gasteiger partial charge in [0.25, 0.3) is 11.8 Å². The summed E-state index contributed by atoms with van der Waals surface area (Å²) in [6.45, 7) is 9.46. The molecule has 1 aromatic heterocycles. The Morgan fingerprint density at radius 3 is 2.50 bits per heavy atom. The van der Waals surface area contributed by atoms with Gasteiger partial charge >= 0.3 is 0 Å². The Balaban J connectivity index is 2.15. The summed E-state index contributed by atoms with van der Waals surface area (Å²) in [4.78, 5) is 24.9. The van der Waals surface area contributed by atoms with Gasteiger partial charge in [0.1, 0.15) is 10.8 Å². The van der Waals surface area contributed by atoms with E-state index in [9.17, 15) is 9.59 Å². The normalized spacial score (nSPS) is 10.9. The van der Waals surface area contributed by atoms with Gasteiger partial charge in [-0.1, -0.05) is 25.4 Å². The van der Waals surface area contributed by atoms with Crippen molar-refractivity contribution >= 4 is 39.8 Å². The molecule has 0 aliphatic heterocycles. The van der Waals surface area contributed by atoms with Gasteiger partial charge in [0.2, 0.25) is 0 Å². The van der Waals surface area contributed by atoms with Crippen LogP contribution in [0, 0.1) is 20.8 Å². The maximum absolute atomic E-state index is 12.3. The molecule has 7 heteroatoms. The second-order valence-corrected chi connectivity index (χ2v) is 8.11. The zero-order valence-electron chi connectivity index (χ0n) is 15.5. The lowest BCUT2D eigenvalue weighted by Gasteiger charge is -2.16. The molecule has 140 valence electrons. The maximum Gasteiger partial charge on any atom is 0.262 e. The molecule has 3 N–H and O–H groups in total. The summed E-state index contributed by atoms with van der Waals surface area (Å²) < 4.78 is 5.72. The second kappa shape index (κ2) is 8.10. The molecule has 0 radical (unpaired) electrons. The number of aryl methyl sites for hydroxylation is 2. The molecule has 26 heavy (non-hydrogen) atoms. The maximum atomic E-state index is 12.3. The molecule has 1 heterocycles. The molecule has 0 bridgehead atoms. The number of nitrogens with one attached hydrogen (secondary N) is 1. The van der Waals surface area contributed by atoms with E-state index in [0.29, 0.717) is 21.3 Å². The number of carbonyl (C=O) groups excluding carboxylic acids is 2. The average molecular weight is 395 g/mol. The van der Waals surface area contributed by atoms with Crippen LogP contribution in [0.4, 0.5) is 5.00 Å². The van der Waals surface area contributed by atoms with E-state index in [4.69, 9.17) is 22.1 Å². The van der Waals surface area contributed by atoms with Crippen molar-refractivity contribution in [3.63, 3.8) is 0 Å². The molecule has 0 fully saturated rings. The van der Waals surface area contributed by atoms with Crippen LogP contribution in [-0.2, 0) is 4.79 Å². The number of anilines is 1. The number of hydrogen-bond acceptors (Lipinski definition) is 4. The summed E-state index contributed by atoms with van der Waals surface area (Å²) in [6.07, 6.45) is 0. The first-order chi connectivity index (χ1) is 12.1. The number of carbonyl (C=O) groups is 2. The first-order valence-corrected chi connectivity index (χ1v) is 9.43. The Hall–Kier alpha value is -2.05. The van der Waals surface area contributed by atoms with Gasteiger partial charge < -0.3 is 15.8 Å². The van der Waals surface area contributed by atoms with Crippen molar-refractivity contribution in [3.8, 4) is 5.75 Å². The van der Waals surface area contributed by atoms with Crippen molar-refractivity contribution in [1.82, 2.24) is 0 Å². The van der Waals surface area contributed by atoms with Gasteiger partial charge in [-0.05, 0) is 55.5 Å². The van der Waals surface area contributed by atoms with Crippen LogP contribution in [-0.4, -0.2) is 18.4 Å². The van der Waals surface area contributed by atoms with Crippen LogP contribution >= 0.6 is 22.9 Å². The monoisotopic (exact) mass is 394 g/mol. The van der Waals surface area contributed by atoms with Crippen LogP contribution in [0.5, 0.6) is 5.75 Å². The van der Waals surface area contributed by atoms with Crippen LogP contribution in [0.15, 0.2) is 12.1 Å². The van der Waals surface area contributed by atoms with E-state index in [1.807, 2.05) is 46.8 Å². The van der Waals surface area contributed by atoms with Crippen LogP contribution in [0.25, 0.3) is 0 Å². The highest BCUT2D eigenvalue weighted by molar-refractivity contribution is 7.16. The van der Waals surface area contributed by atoms with E-state index in [1.54, 1.807) is 0 Å². The van der Waals surface area contributed by atoms with Gasteiger partial charge in [0, 0.05) is 9.90 Å². The van der Waals surface area contributed by atoms with Crippen molar-refractivity contribution in [2.45, 2.75) is 40.5 Å². The third kappa shape index (κ3) is 4.37. The number of hydrogen-bond donors (Lipinski definition) is 2. The first-order valence-electron chi connectivity index (χ1n) is 8.24. The minimum atomic E-state index is -0.557. The molecular weight excluding hydrogens is 372 g/mol. The number of halogens is 1. The average Bonchev–Trinajstić information content (AvgIpc) is 2.82. The molecule has 0 unspecified atom stereocenters. The molecular formula is C19H23ClN2O3S. The summed E-state index contributed by atoms with van der Waals surface area (Å²) in [5.74, 6) is -0.0736. The van der Waals surface area contributed by atoms with Gasteiger partial charge in [0.05, 0.1) is 5.56 Å². The van der Waals surface area contributed by atoms with E-state index in [2.05, 4.69) is 5.32 Å². The molecule has 0 saturated heterocycles. The van der Waals surface area contributed by atoms with Crippen molar-refractivity contribution in [1.29, 1.82) is 0 Å². The lowest BCUT2D eigenvalue weighted by molar-refractivity contribution is -0.118. The largest absolute Gasteiger partial charge is 0.483 e. The van der Waals surface area contributed by atoms with Crippen molar-refractivity contribution in [3.05, 3.63) is 44.3 Å². The molecule has 2 rings (SSSR count). The smallest absolute Gasteiger partial charge is 0.262 e. The van der Waals surface area contributed by atoms with Crippen LogP contribution in [0.1, 0.15) is 51.7 Å². The molecule has 2 amide bonds. The predicted octanol–water partition coefficient (Wildman–Crippen LogP) is 4.57. The highest BCUT2D eigenvalue weighted by Gasteiger charge is 2.19. The fraction of sp³-hybridized carbons (Fsp3) is 0.368. The van der Waals surface area contributed by atoms with Gasteiger partial charge in [-0.25, -0.2) is 0 Å². The van der Waals surface area contributed by atoms with Crippen molar-refractivity contribution in [2.75, 3.05) is 11.9 Å². The zero-order chi connectivity index (χ0) is 19.6. The Morgan fingerprint density at radius 2 is 1.92 bits per heavy atom. The van der Waals surface area contributed by atoms with Gasteiger partial charge in [-0.3, -0.25) is 9.59 Å². The van der Waals surface area contributed by atoms with Gasteiger partial charge in [0.15, 0.2) is 6.61 Å². The highest BCUT2D eigenvalue weighted by Crippen LogP contribution is 2.33. The Morgan fingerprint density at radius 1 is 1.27 bits per heavy atom. The SMILES string of the molecule is Cc1cc(OCC(=O)Nc2sc(C)c(C)c2C(N)=O)c(C(C)C)cc1Cl. The summed E-state index contributed by atoms with van der Waals surface area (Å²) in [7, 11) is 0. The molecule has 0 aliphatic carbocycles. The summed E-state index contributed by atoms with van der Waals surface area (Å²) in [6, 6.07) is 3.70. The highest BCUT2D eigenvalue weighted by atomic mass is 35.5. The third-order valence-corrected chi connectivity index (χ3v) is 5.69. The molecule has 2 aromatic rings.